The Morgan fingerprint density at radius 3 is 1.56 bits per heavy atom. The zero-order chi connectivity index (χ0) is 23.9. The molecule has 0 aliphatic heterocycles. The topological polar surface area (TPSA) is 51.6 Å². The van der Waals surface area contributed by atoms with Crippen LogP contribution in [0.1, 0.15) is 0 Å². The first kappa shape index (κ1) is 20.4. The zero-order valence-corrected chi connectivity index (χ0v) is 19.3. The monoisotopic (exact) mass is 460 g/mol. The first-order valence-electron chi connectivity index (χ1n) is 11.9. The van der Waals surface area contributed by atoms with Gasteiger partial charge >= 0.3 is 0 Å². The van der Waals surface area contributed by atoms with Crippen LogP contribution in [-0.4, -0.2) is 19.9 Å². The van der Waals surface area contributed by atoms with Crippen molar-refractivity contribution in [3.63, 3.8) is 0 Å². The van der Waals surface area contributed by atoms with Crippen LogP contribution in [0.15, 0.2) is 121 Å². The normalized spacial score (nSPS) is 11.3. The molecule has 4 heteroatoms. The average molecular weight is 461 g/mol. The van der Waals surface area contributed by atoms with Crippen molar-refractivity contribution < 1.29 is 0 Å². The van der Waals surface area contributed by atoms with Crippen LogP contribution in [0.3, 0.4) is 0 Å². The van der Waals surface area contributed by atoms with E-state index >= 15 is 0 Å². The van der Waals surface area contributed by atoms with Gasteiger partial charge in [-0.3, -0.25) is 0 Å². The summed E-state index contributed by atoms with van der Waals surface area (Å²) in [6.45, 7) is 0. The predicted octanol–water partition coefficient (Wildman–Crippen LogP) is 7.73. The molecule has 0 saturated heterocycles. The fourth-order valence-corrected chi connectivity index (χ4v) is 4.72. The van der Waals surface area contributed by atoms with Crippen LogP contribution in [0.25, 0.3) is 66.7 Å². The Balaban J connectivity index is 1.55. The quantitative estimate of drug-likeness (QED) is 0.200. The minimum absolute atomic E-state index is 0.670. The summed E-state index contributed by atoms with van der Waals surface area (Å²) >= 11 is 0. The molecule has 7 rings (SSSR count). The Kier molecular flexibility index (Phi) is 4.74. The SMILES string of the molecule is c1ccc(-c2cc(-c3ccccc3)nc(-c3cc4nc5ccccc5nc4c4ccccc34)n2)cc1. The van der Waals surface area contributed by atoms with E-state index in [2.05, 4.69) is 48.5 Å². The van der Waals surface area contributed by atoms with E-state index in [4.69, 9.17) is 19.9 Å². The van der Waals surface area contributed by atoms with Gasteiger partial charge in [-0.05, 0) is 29.7 Å². The van der Waals surface area contributed by atoms with Crippen LogP contribution in [-0.2, 0) is 0 Å². The van der Waals surface area contributed by atoms with Crippen LogP contribution in [0, 0.1) is 0 Å². The fraction of sp³-hybridized carbons (Fsp3) is 0. The van der Waals surface area contributed by atoms with Gasteiger partial charge in [-0.15, -0.1) is 0 Å². The third-order valence-electron chi connectivity index (χ3n) is 6.46. The highest BCUT2D eigenvalue weighted by atomic mass is 14.9. The molecular formula is C32H20N4. The van der Waals surface area contributed by atoms with Crippen molar-refractivity contribution in [3.8, 4) is 33.9 Å². The summed E-state index contributed by atoms with van der Waals surface area (Å²) in [5.41, 5.74) is 8.28. The van der Waals surface area contributed by atoms with E-state index in [0.717, 1.165) is 60.9 Å². The Bertz CT molecular complexity index is 1820. The summed E-state index contributed by atoms with van der Waals surface area (Å²) in [7, 11) is 0. The summed E-state index contributed by atoms with van der Waals surface area (Å²) in [5, 5.41) is 2.09. The lowest BCUT2D eigenvalue weighted by Crippen LogP contribution is -1.98. The molecule has 36 heavy (non-hydrogen) atoms. The lowest BCUT2D eigenvalue weighted by Gasteiger charge is -2.13. The number of benzene rings is 5. The maximum absolute atomic E-state index is 5.06. The fourth-order valence-electron chi connectivity index (χ4n) is 4.72. The van der Waals surface area contributed by atoms with Gasteiger partial charge in [0.2, 0.25) is 0 Å². The lowest BCUT2D eigenvalue weighted by atomic mass is 10.0. The van der Waals surface area contributed by atoms with Crippen molar-refractivity contribution >= 4 is 32.8 Å². The summed E-state index contributed by atoms with van der Waals surface area (Å²) in [6, 6.07) is 40.9. The summed E-state index contributed by atoms with van der Waals surface area (Å²) in [4.78, 5) is 20.0. The van der Waals surface area contributed by atoms with Gasteiger partial charge in [0.1, 0.15) is 0 Å². The van der Waals surface area contributed by atoms with Crippen LogP contribution >= 0.6 is 0 Å². The summed E-state index contributed by atoms with van der Waals surface area (Å²) < 4.78 is 0. The Labute approximate surface area is 208 Å². The average Bonchev–Trinajstić information content (AvgIpc) is 2.96. The lowest BCUT2D eigenvalue weighted by molar-refractivity contribution is 1.19. The number of hydrogen-bond acceptors (Lipinski definition) is 4. The maximum Gasteiger partial charge on any atom is 0.161 e. The molecule has 4 nitrogen and oxygen atoms in total. The van der Waals surface area contributed by atoms with Crippen molar-refractivity contribution in [2.45, 2.75) is 0 Å². The molecule has 0 saturated carbocycles. The van der Waals surface area contributed by atoms with Crippen LogP contribution in [0.2, 0.25) is 0 Å². The van der Waals surface area contributed by atoms with Crippen molar-refractivity contribution in [1.82, 2.24) is 19.9 Å². The molecule has 0 fully saturated rings. The predicted molar refractivity (Wildman–Crippen MR) is 146 cm³/mol. The molecule has 5 aromatic carbocycles. The molecule has 0 atom stereocenters. The molecule has 0 aliphatic carbocycles. The van der Waals surface area contributed by atoms with Crippen LogP contribution in [0.5, 0.6) is 0 Å². The molecule has 2 aromatic heterocycles. The number of aromatic nitrogens is 4. The van der Waals surface area contributed by atoms with E-state index in [0.29, 0.717) is 5.82 Å². The van der Waals surface area contributed by atoms with Crippen LogP contribution in [0.4, 0.5) is 0 Å². The van der Waals surface area contributed by atoms with Gasteiger partial charge in [0.25, 0.3) is 0 Å². The van der Waals surface area contributed by atoms with Gasteiger partial charge in [-0.1, -0.05) is 97.1 Å². The van der Waals surface area contributed by atoms with E-state index in [1.54, 1.807) is 0 Å². The molecule has 168 valence electrons. The molecule has 0 bridgehead atoms. The largest absolute Gasteiger partial charge is 0.244 e. The van der Waals surface area contributed by atoms with Crippen molar-refractivity contribution in [1.29, 1.82) is 0 Å². The first-order chi connectivity index (χ1) is 17.8. The Morgan fingerprint density at radius 2 is 0.917 bits per heavy atom. The third kappa shape index (κ3) is 3.48. The highest BCUT2D eigenvalue weighted by molar-refractivity contribution is 6.11. The minimum atomic E-state index is 0.670. The number of hydrogen-bond donors (Lipinski definition) is 0. The molecular weight excluding hydrogens is 440 g/mol. The van der Waals surface area contributed by atoms with Gasteiger partial charge < -0.3 is 0 Å². The van der Waals surface area contributed by atoms with Gasteiger partial charge in [-0.2, -0.15) is 0 Å². The van der Waals surface area contributed by atoms with Crippen molar-refractivity contribution in [2.75, 3.05) is 0 Å². The number of para-hydroxylation sites is 2. The Hall–Kier alpha value is -4.96. The van der Waals surface area contributed by atoms with Gasteiger partial charge in [0.05, 0.1) is 33.5 Å². The molecule has 0 unspecified atom stereocenters. The molecule has 0 N–H and O–H groups in total. The van der Waals surface area contributed by atoms with Crippen molar-refractivity contribution in [2.24, 2.45) is 0 Å². The van der Waals surface area contributed by atoms with Crippen LogP contribution < -0.4 is 0 Å². The van der Waals surface area contributed by atoms with E-state index in [9.17, 15) is 0 Å². The smallest absolute Gasteiger partial charge is 0.161 e. The van der Waals surface area contributed by atoms with E-state index in [-0.39, 0.29) is 0 Å². The summed E-state index contributed by atoms with van der Waals surface area (Å²) in [6.07, 6.45) is 0. The maximum atomic E-state index is 5.06. The minimum Gasteiger partial charge on any atom is -0.244 e. The first-order valence-corrected chi connectivity index (χ1v) is 11.9. The second kappa shape index (κ2) is 8.36. The highest BCUT2D eigenvalue weighted by Crippen LogP contribution is 2.35. The molecule has 0 spiro atoms. The summed E-state index contributed by atoms with van der Waals surface area (Å²) in [5.74, 6) is 0.670. The van der Waals surface area contributed by atoms with E-state index < -0.39 is 0 Å². The number of nitrogens with zero attached hydrogens (tertiary/aromatic N) is 4. The van der Waals surface area contributed by atoms with E-state index in [1.165, 1.54) is 0 Å². The molecule has 0 aliphatic rings. The molecule has 0 radical (unpaired) electrons. The Morgan fingerprint density at radius 1 is 0.389 bits per heavy atom. The third-order valence-corrected chi connectivity index (χ3v) is 6.46. The number of fused-ring (bicyclic) bond motifs is 4. The van der Waals surface area contributed by atoms with E-state index in [1.807, 2.05) is 72.8 Å². The second-order valence-electron chi connectivity index (χ2n) is 8.74. The second-order valence-corrected chi connectivity index (χ2v) is 8.74. The van der Waals surface area contributed by atoms with Crippen molar-refractivity contribution in [3.05, 3.63) is 121 Å². The highest BCUT2D eigenvalue weighted by Gasteiger charge is 2.16. The number of rotatable bonds is 3. The molecule has 0 amide bonds. The molecule has 2 heterocycles. The standard InChI is InChI=1S/C32H20N4/c1-3-11-21(12-4-1)28-20-29(22-13-5-2-6-14-22)36-32(35-28)25-19-30-31(24-16-8-7-15-23(24)25)34-27-18-10-9-17-26(27)33-30/h1-20H. The molecule has 7 aromatic rings. The zero-order valence-electron chi connectivity index (χ0n) is 19.3. The van der Waals surface area contributed by atoms with Gasteiger partial charge in [0.15, 0.2) is 5.82 Å². The van der Waals surface area contributed by atoms with Gasteiger partial charge in [-0.25, -0.2) is 19.9 Å². The van der Waals surface area contributed by atoms with Gasteiger partial charge in [0, 0.05) is 22.1 Å².